The lowest BCUT2D eigenvalue weighted by molar-refractivity contribution is 0.384. The van der Waals surface area contributed by atoms with Crippen molar-refractivity contribution < 1.29 is 12.8 Å². The van der Waals surface area contributed by atoms with Gasteiger partial charge in [-0.2, -0.15) is 4.31 Å². The second kappa shape index (κ2) is 8.48. The van der Waals surface area contributed by atoms with Gasteiger partial charge in [0.2, 0.25) is 10.0 Å². The molecule has 0 radical (unpaired) electrons. The van der Waals surface area contributed by atoms with Crippen LogP contribution in [0.15, 0.2) is 59.1 Å². The van der Waals surface area contributed by atoms with E-state index in [-0.39, 0.29) is 5.82 Å². The van der Waals surface area contributed by atoms with E-state index in [9.17, 15) is 12.8 Å². The van der Waals surface area contributed by atoms with Crippen LogP contribution in [0, 0.1) is 19.7 Å². The summed E-state index contributed by atoms with van der Waals surface area (Å²) in [6.45, 7) is 5.68. The summed E-state index contributed by atoms with van der Waals surface area (Å²) in [5.74, 6) is 0.500. The summed E-state index contributed by atoms with van der Waals surface area (Å²) >= 11 is 1.52. The normalized spacial score (nSPS) is 15.3. The van der Waals surface area contributed by atoms with Gasteiger partial charge in [-0.05, 0) is 54.8 Å². The van der Waals surface area contributed by atoms with E-state index in [1.807, 2.05) is 25.3 Å². The molecule has 2 aromatic heterocycles. The molecule has 170 valence electrons. The van der Waals surface area contributed by atoms with E-state index in [0.29, 0.717) is 31.1 Å². The Kier molecular flexibility index (Phi) is 5.64. The van der Waals surface area contributed by atoms with E-state index >= 15 is 0 Å². The molecule has 1 fully saturated rings. The monoisotopic (exact) mass is 482 g/mol. The van der Waals surface area contributed by atoms with Gasteiger partial charge in [-0.3, -0.25) is 0 Å². The minimum Gasteiger partial charge on any atom is -0.353 e. The van der Waals surface area contributed by atoms with E-state index in [0.717, 1.165) is 38.3 Å². The first-order chi connectivity index (χ1) is 15.8. The highest BCUT2D eigenvalue weighted by molar-refractivity contribution is 7.89. The van der Waals surface area contributed by atoms with Crippen LogP contribution in [0.3, 0.4) is 0 Å². The smallest absolute Gasteiger partial charge is 0.243 e. The number of piperazine rings is 1. The van der Waals surface area contributed by atoms with Crippen LogP contribution < -0.4 is 4.90 Å². The van der Waals surface area contributed by atoms with Crippen molar-refractivity contribution in [1.29, 1.82) is 0 Å². The highest BCUT2D eigenvalue weighted by atomic mass is 32.2. The van der Waals surface area contributed by atoms with Crippen LogP contribution in [-0.2, 0) is 10.0 Å². The molecule has 1 aliphatic heterocycles. The van der Waals surface area contributed by atoms with Gasteiger partial charge in [0.25, 0.3) is 0 Å². The van der Waals surface area contributed by atoms with E-state index in [1.165, 1.54) is 23.5 Å². The maximum atomic E-state index is 13.4. The number of sulfonamides is 1. The lowest BCUT2D eigenvalue weighted by atomic mass is 10.1. The number of hydrogen-bond donors (Lipinski definition) is 0. The molecule has 4 aromatic rings. The van der Waals surface area contributed by atoms with Gasteiger partial charge in [0.1, 0.15) is 22.8 Å². The molecule has 9 heteroatoms. The van der Waals surface area contributed by atoms with E-state index in [2.05, 4.69) is 14.9 Å². The fourth-order valence-corrected chi connectivity index (χ4v) is 6.52. The van der Waals surface area contributed by atoms with Gasteiger partial charge < -0.3 is 4.90 Å². The van der Waals surface area contributed by atoms with Crippen LogP contribution >= 0.6 is 11.3 Å². The van der Waals surface area contributed by atoms with Crippen molar-refractivity contribution in [2.45, 2.75) is 18.7 Å². The van der Waals surface area contributed by atoms with Crippen molar-refractivity contribution in [2.24, 2.45) is 0 Å². The number of hydrogen-bond acceptors (Lipinski definition) is 6. The summed E-state index contributed by atoms with van der Waals surface area (Å²) in [4.78, 5) is 12.3. The molecule has 0 amide bonds. The molecule has 6 nitrogen and oxygen atoms in total. The van der Waals surface area contributed by atoms with E-state index in [4.69, 9.17) is 0 Å². The SMILES string of the molecule is Cc1ccc(S(=O)(=O)N2CCN(c3ncnc4scc(-c5ccc(F)cc5)c34)CC2)cc1C. The van der Waals surface area contributed by atoms with Crippen LogP contribution in [0.2, 0.25) is 0 Å². The lowest BCUT2D eigenvalue weighted by Crippen LogP contribution is -2.49. The predicted octanol–water partition coefficient (Wildman–Crippen LogP) is 4.63. The Morgan fingerprint density at radius 3 is 2.36 bits per heavy atom. The molecule has 0 atom stereocenters. The Morgan fingerprint density at radius 1 is 0.939 bits per heavy atom. The topological polar surface area (TPSA) is 66.4 Å². The van der Waals surface area contributed by atoms with Gasteiger partial charge >= 0.3 is 0 Å². The van der Waals surface area contributed by atoms with Crippen LogP contribution in [0.5, 0.6) is 0 Å². The third-order valence-electron chi connectivity index (χ3n) is 6.16. The number of benzene rings is 2. The van der Waals surface area contributed by atoms with Crippen molar-refractivity contribution >= 4 is 37.4 Å². The van der Waals surface area contributed by atoms with E-state index < -0.39 is 10.0 Å². The molecule has 2 aromatic carbocycles. The Labute approximate surface area is 196 Å². The highest BCUT2D eigenvalue weighted by Crippen LogP contribution is 2.38. The standard InChI is InChI=1S/C24H23FN4O2S2/c1-16-3-8-20(13-17(16)2)33(30,31)29-11-9-28(10-12-29)23-22-21(14-32-24(22)27-15-26-23)18-4-6-19(25)7-5-18/h3-8,13-15H,9-12H2,1-2H3. The Hall–Kier alpha value is -2.88. The summed E-state index contributed by atoms with van der Waals surface area (Å²) in [7, 11) is -3.55. The first kappa shape index (κ1) is 21.9. The first-order valence-corrected chi connectivity index (χ1v) is 13.0. The van der Waals surface area contributed by atoms with Crippen LogP contribution in [0.25, 0.3) is 21.3 Å². The number of aromatic nitrogens is 2. The maximum absolute atomic E-state index is 13.4. The summed E-state index contributed by atoms with van der Waals surface area (Å²) in [5.41, 5.74) is 3.88. The minimum absolute atomic E-state index is 0.282. The molecule has 0 N–H and O–H groups in total. The van der Waals surface area contributed by atoms with Crippen LogP contribution in [0.4, 0.5) is 10.2 Å². The van der Waals surface area contributed by atoms with Crippen molar-refractivity contribution in [3.05, 3.63) is 71.1 Å². The van der Waals surface area contributed by atoms with Gasteiger partial charge in [-0.25, -0.2) is 22.8 Å². The van der Waals surface area contributed by atoms with Crippen molar-refractivity contribution in [2.75, 3.05) is 31.1 Å². The molecule has 5 rings (SSSR count). The summed E-state index contributed by atoms with van der Waals surface area (Å²) in [6.07, 6.45) is 1.54. The quantitative estimate of drug-likeness (QED) is 0.425. The number of rotatable bonds is 4. The van der Waals surface area contributed by atoms with Gasteiger partial charge in [-0.1, -0.05) is 18.2 Å². The number of thiophene rings is 1. The molecule has 0 aliphatic carbocycles. The van der Waals surface area contributed by atoms with E-state index in [1.54, 1.807) is 34.9 Å². The average Bonchev–Trinajstić information content (AvgIpc) is 3.26. The number of aryl methyl sites for hydroxylation is 2. The van der Waals surface area contributed by atoms with Gasteiger partial charge in [-0.15, -0.1) is 11.3 Å². The number of fused-ring (bicyclic) bond motifs is 1. The zero-order chi connectivity index (χ0) is 23.2. The highest BCUT2D eigenvalue weighted by Gasteiger charge is 2.30. The minimum atomic E-state index is -3.55. The average molecular weight is 483 g/mol. The molecule has 1 saturated heterocycles. The molecule has 3 heterocycles. The molecule has 33 heavy (non-hydrogen) atoms. The molecule has 0 saturated carbocycles. The molecular formula is C24H23FN4O2S2. The van der Waals surface area contributed by atoms with Crippen LogP contribution in [0.1, 0.15) is 11.1 Å². The second-order valence-corrected chi connectivity index (χ2v) is 11.0. The number of nitrogens with zero attached hydrogens (tertiary/aromatic N) is 4. The van der Waals surface area contributed by atoms with Gasteiger partial charge in [0, 0.05) is 37.1 Å². The zero-order valence-electron chi connectivity index (χ0n) is 18.3. The lowest BCUT2D eigenvalue weighted by Gasteiger charge is -2.35. The molecule has 0 spiro atoms. The Morgan fingerprint density at radius 2 is 1.67 bits per heavy atom. The van der Waals surface area contributed by atoms with Crippen molar-refractivity contribution in [3.8, 4) is 11.1 Å². The second-order valence-electron chi connectivity index (χ2n) is 8.17. The zero-order valence-corrected chi connectivity index (χ0v) is 20.0. The number of halogens is 1. The largest absolute Gasteiger partial charge is 0.353 e. The fraction of sp³-hybridized carbons (Fsp3) is 0.250. The number of anilines is 1. The van der Waals surface area contributed by atoms with Crippen molar-refractivity contribution in [1.82, 2.24) is 14.3 Å². The summed E-state index contributed by atoms with van der Waals surface area (Å²) < 4.78 is 41.3. The Bertz CT molecular complexity index is 1430. The van der Waals surface area contributed by atoms with Gasteiger partial charge in [0.05, 0.1) is 10.3 Å². The third-order valence-corrected chi connectivity index (χ3v) is 8.94. The van der Waals surface area contributed by atoms with Crippen molar-refractivity contribution in [3.63, 3.8) is 0 Å². The fourth-order valence-electron chi connectivity index (χ4n) is 4.10. The molecule has 1 aliphatic rings. The molecule has 0 unspecified atom stereocenters. The third kappa shape index (κ3) is 4.01. The summed E-state index contributed by atoms with van der Waals surface area (Å²) in [6, 6.07) is 11.7. The van der Waals surface area contributed by atoms with Gasteiger partial charge in [0.15, 0.2) is 0 Å². The Balaban J connectivity index is 1.42. The predicted molar refractivity (Wildman–Crippen MR) is 130 cm³/mol. The maximum Gasteiger partial charge on any atom is 0.243 e. The summed E-state index contributed by atoms with van der Waals surface area (Å²) in [5, 5.41) is 2.93. The molecule has 0 bridgehead atoms. The molecular weight excluding hydrogens is 459 g/mol. The first-order valence-electron chi connectivity index (χ1n) is 10.6. The van der Waals surface area contributed by atoms with Crippen LogP contribution in [-0.4, -0.2) is 48.9 Å².